The number of benzene rings is 3. The number of nitro groups is 1. The summed E-state index contributed by atoms with van der Waals surface area (Å²) in [6.07, 6.45) is 1.49. The molecule has 0 saturated carbocycles. The van der Waals surface area contributed by atoms with Crippen LogP contribution >= 0.6 is 50.9 Å². The molecule has 3 aromatic rings. The predicted octanol–water partition coefficient (Wildman–Crippen LogP) is 6.64. The number of hydrazone groups is 1. The van der Waals surface area contributed by atoms with Crippen LogP contribution in [0.1, 0.15) is 16.7 Å². The smallest absolute Gasteiger partial charge is 0.269 e. The summed E-state index contributed by atoms with van der Waals surface area (Å²) in [7, 11) is 1.53. The first-order valence-corrected chi connectivity index (χ1v) is 13.0. The first kappa shape index (κ1) is 27.8. The topological polar surface area (TPSA) is 103 Å². The summed E-state index contributed by atoms with van der Waals surface area (Å²) in [5, 5.41) is 15.6. The fraction of sp³-hybridized carbons (Fsp3) is 0.167. The fourth-order valence-electron chi connectivity index (χ4n) is 2.93. The van der Waals surface area contributed by atoms with Crippen LogP contribution in [0.4, 0.5) is 5.69 Å². The summed E-state index contributed by atoms with van der Waals surface area (Å²) in [6, 6.07) is 15.0. The molecular weight excluding hydrogens is 593 g/mol. The molecule has 12 heteroatoms. The molecular formula is C24H20BrCl2N3O5S. The van der Waals surface area contributed by atoms with Crippen molar-refractivity contribution < 1.29 is 19.2 Å². The maximum absolute atomic E-state index is 12.1. The molecule has 0 atom stereocenters. The van der Waals surface area contributed by atoms with Crippen molar-refractivity contribution in [1.82, 2.24) is 5.43 Å². The lowest BCUT2D eigenvalue weighted by Crippen LogP contribution is -2.19. The van der Waals surface area contributed by atoms with E-state index >= 15 is 0 Å². The van der Waals surface area contributed by atoms with E-state index in [1.165, 1.54) is 37.2 Å². The quantitative estimate of drug-likeness (QED) is 0.148. The lowest BCUT2D eigenvalue weighted by molar-refractivity contribution is -0.384. The van der Waals surface area contributed by atoms with E-state index in [1.54, 1.807) is 36.4 Å². The molecule has 0 fully saturated rings. The molecule has 1 amide bonds. The Morgan fingerprint density at radius 1 is 1.14 bits per heavy atom. The van der Waals surface area contributed by atoms with Crippen LogP contribution in [0.3, 0.4) is 0 Å². The van der Waals surface area contributed by atoms with Crippen LogP contribution in [0, 0.1) is 10.1 Å². The fourth-order valence-corrected chi connectivity index (χ4v) is 4.60. The zero-order chi connectivity index (χ0) is 26.1. The SMILES string of the molecule is COc1cc(/C=N\NC(=O)CSCc2ccc([N+](=O)[O-])cc2)cc(Br)c1OCc1ccc(Cl)c(Cl)c1. The molecule has 8 nitrogen and oxygen atoms in total. The van der Waals surface area contributed by atoms with Crippen molar-refractivity contribution in [3.8, 4) is 11.5 Å². The molecule has 3 aromatic carbocycles. The van der Waals surface area contributed by atoms with Gasteiger partial charge in [0.1, 0.15) is 6.61 Å². The van der Waals surface area contributed by atoms with Gasteiger partial charge in [0.25, 0.3) is 5.69 Å². The third kappa shape index (κ3) is 8.12. The number of rotatable bonds is 11. The Bertz CT molecular complexity index is 1280. The Labute approximate surface area is 230 Å². The van der Waals surface area contributed by atoms with Crippen LogP contribution < -0.4 is 14.9 Å². The number of thioether (sulfide) groups is 1. The zero-order valence-electron chi connectivity index (χ0n) is 18.9. The van der Waals surface area contributed by atoms with Crippen molar-refractivity contribution in [2.24, 2.45) is 5.10 Å². The average Bonchev–Trinajstić information content (AvgIpc) is 2.85. The Balaban J connectivity index is 1.51. The van der Waals surface area contributed by atoms with Crippen molar-refractivity contribution in [3.05, 3.63) is 95.9 Å². The molecule has 0 aliphatic rings. The van der Waals surface area contributed by atoms with Crippen molar-refractivity contribution in [3.63, 3.8) is 0 Å². The number of hydrogen-bond acceptors (Lipinski definition) is 7. The van der Waals surface area contributed by atoms with E-state index in [4.69, 9.17) is 32.7 Å². The third-order valence-corrected chi connectivity index (χ3v) is 7.00. The van der Waals surface area contributed by atoms with Crippen LogP contribution in [0.15, 0.2) is 64.2 Å². The molecule has 0 radical (unpaired) electrons. The monoisotopic (exact) mass is 611 g/mol. The molecule has 0 saturated heterocycles. The average molecular weight is 613 g/mol. The van der Waals surface area contributed by atoms with Gasteiger partial charge in [-0.1, -0.05) is 41.4 Å². The number of nitrogens with one attached hydrogen (secondary N) is 1. The number of halogens is 3. The van der Waals surface area contributed by atoms with E-state index in [-0.39, 0.29) is 24.0 Å². The van der Waals surface area contributed by atoms with Crippen LogP contribution in [-0.4, -0.2) is 29.9 Å². The maximum atomic E-state index is 12.1. The van der Waals surface area contributed by atoms with Crippen LogP contribution in [0.5, 0.6) is 11.5 Å². The van der Waals surface area contributed by atoms with E-state index in [1.807, 2.05) is 6.07 Å². The standard InChI is InChI=1S/C24H20BrCl2N3O5S/c1-34-22-10-17(8-19(25)24(22)35-12-16-4-7-20(26)21(27)9-16)11-28-29-23(31)14-36-13-15-2-5-18(6-3-15)30(32)33/h2-11H,12-14H2,1H3,(H,29,31)/b28-11-. The molecule has 188 valence electrons. The Hall–Kier alpha value is -2.79. The maximum Gasteiger partial charge on any atom is 0.269 e. The van der Waals surface area contributed by atoms with Crippen LogP contribution in [0.2, 0.25) is 10.0 Å². The number of ether oxygens (including phenoxy) is 2. The molecule has 0 unspecified atom stereocenters. The summed E-state index contributed by atoms with van der Waals surface area (Å²) in [4.78, 5) is 22.3. The summed E-state index contributed by atoms with van der Waals surface area (Å²) >= 11 is 16.9. The Kier molecular flexibility index (Phi) is 10.4. The number of nitrogens with zero attached hydrogens (tertiary/aromatic N) is 2. The van der Waals surface area contributed by atoms with Crippen molar-refractivity contribution in [1.29, 1.82) is 0 Å². The largest absolute Gasteiger partial charge is 0.493 e. The Morgan fingerprint density at radius 3 is 2.53 bits per heavy atom. The normalized spacial score (nSPS) is 10.9. The van der Waals surface area contributed by atoms with E-state index in [0.717, 1.165) is 11.1 Å². The van der Waals surface area contributed by atoms with Gasteiger partial charge in [-0.05, 0) is 56.9 Å². The van der Waals surface area contributed by atoms with E-state index < -0.39 is 4.92 Å². The third-order valence-electron chi connectivity index (χ3n) is 4.67. The molecule has 36 heavy (non-hydrogen) atoms. The minimum Gasteiger partial charge on any atom is -0.493 e. The van der Waals surface area contributed by atoms with E-state index in [0.29, 0.717) is 37.3 Å². The first-order chi connectivity index (χ1) is 17.3. The van der Waals surface area contributed by atoms with E-state index in [9.17, 15) is 14.9 Å². The minimum absolute atomic E-state index is 0.0326. The number of carbonyl (C=O) groups is 1. The molecule has 0 spiro atoms. The van der Waals surface area contributed by atoms with Gasteiger partial charge in [-0.15, -0.1) is 11.8 Å². The minimum atomic E-state index is -0.450. The highest BCUT2D eigenvalue weighted by Gasteiger charge is 2.12. The van der Waals surface area contributed by atoms with E-state index in [2.05, 4.69) is 26.5 Å². The van der Waals surface area contributed by atoms with Crippen LogP contribution in [-0.2, 0) is 17.2 Å². The van der Waals surface area contributed by atoms with Gasteiger partial charge in [-0.2, -0.15) is 5.10 Å². The number of non-ortho nitro benzene ring substituents is 1. The number of nitro benzene ring substituents is 1. The summed E-state index contributed by atoms with van der Waals surface area (Å²) in [6.45, 7) is 0.257. The van der Waals surface area contributed by atoms with Gasteiger partial charge >= 0.3 is 0 Å². The van der Waals surface area contributed by atoms with Gasteiger partial charge in [0.05, 0.1) is 38.5 Å². The highest BCUT2D eigenvalue weighted by atomic mass is 79.9. The van der Waals surface area contributed by atoms with Crippen LogP contribution in [0.25, 0.3) is 0 Å². The second-order valence-corrected chi connectivity index (χ2v) is 9.94. The molecule has 0 aliphatic heterocycles. The second kappa shape index (κ2) is 13.5. The number of hydrogen-bond donors (Lipinski definition) is 1. The highest BCUT2D eigenvalue weighted by molar-refractivity contribution is 9.10. The number of carbonyl (C=O) groups excluding carboxylic acids is 1. The van der Waals surface area contributed by atoms with Crippen molar-refractivity contribution >= 4 is 68.7 Å². The van der Waals surface area contributed by atoms with Crippen molar-refractivity contribution in [2.45, 2.75) is 12.4 Å². The highest BCUT2D eigenvalue weighted by Crippen LogP contribution is 2.37. The van der Waals surface area contributed by atoms with Gasteiger partial charge in [0, 0.05) is 17.9 Å². The second-order valence-electron chi connectivity index (χ2n) is 7.28. The molecule has 0 aliphatic carbocycles. The molecule has 0 bridgehead atoms. The lowest BCUT2D eigenvalue weighted by atomic mass is 10.2. The summed E-state index contributed by atoms with van der Waals surface area (Å²) in [5.74, 6) is 1.44. The van der Waals surface area contributed by atoms with Gasteiger partial charge in [-0.3, -0.25) is 14.9 Å². The first-order valence-electron chi connectivity index (χ1n) is 10.3. The zero-order valence-corrected chi connectivity index (χ0v) is 22.8. The summed E-state index contributed by atoms with van der Waals surface area (Å²) in [5.41, 5.74) is 4.93. The Morgan fingerprint density at radius 2 is 1.86 bits per heavy atom. The predicted molar refractivity (Wildman–Crippen MR) is 146 cm³/mol. The van der Waals surface area contributed by atoms with Crippen molar-refractivity contribution in [2.75, 3.05) is 12.9 Å². The molecule has 3 rings (SSSR count). The molecule has 1 N–H and O–H groups in total. The molecule has 0 aromatic heterocycles. The van der Waals surface area contributed by atoms with Gasteiger partial charge in [0.2, 0.25) is 5.91 Å². The van der Waals surface area contributed by atoms with Gasteiger partial charge in [0.15, 0.2) is 11.5 Å². The molecule has 0 heterocycles. The summed E-state index contributed by atoms with van der Waals surface area (Å²) < 4.78 is 12.0. The van der Waals surface area contributed by atoms with Gasteiger partial charge in [-0.25, -0.2) is 5.43 Å². The number of amides is 1. The van der Waals surface area contributed by atoms with Gasteiger partial charge < -0.3 is 9.47 Å². The number of methoxy groups -OCH3 is 1. The lowest BCUT2D eigenvalue weighted by Gasteiger charge is -2.14.